The van der Waals surface area contributed by atoms with E-state index in [1.54, 1.807) is 6.20 Å². The van der Waals surface area contributed by atoms with Gasteiger partial charge in [-0.3, -0.25) is 0 Å². The lowest BCUT2D eigenvalue weighted by Crippen LogP contribution is -2.03. The van der Waals surface area contributed by atoms with Gasteiger partial charge in [0.15, 0.2) is 5.15 Å². The molecule has 0 unspecified atom stereocenters. The van der Waals surface area contributed by atoms with Crippen molar-refractivity contribution in [3.8, 4) is 0 Å². The van der Waals surface area contributed by atoms with Crippen LogP contribution in [0.3, 0.4) is 0 Å². The van der Waals surface area contributed by atoms with Crippen molar-refractivity contribution in [3.63, 3.8) is 0 Å². The molecule has 0 aliphatic rings. The number of pyridine rings is 1. The number of nitrogens with zero attached hydrogens (tertiary/aromatic N) is 1. The summed E-state index contributed by atoms with van der Waals surface area (Å²) in [6.07, 6.45) is 2.81. The van der Waals surface area contributed by atoms with Crippen LogP contribution in [0, 0.1) is 6.92 Å². The van der Waals surface area contributed by atoms with Gasteiger partial charge in [0.05, 0.1) is 5.69 Å². The minimum absolute atomic E-state index is 0.523. The molecule has 0 amide bonds. The van der Waals surface area contributed by atoms with Gasteiger partial charge < -0.3 is 5.32 Å². The lowest BCUT2D eigenvalue weighted by molar-refractivity contribution is 1.04. The van der Waals surface area contributed by atoms with Crippen molar-refractivity contribution in [1.82, 2.24) is 4.98 Å². The van der Waals surface area contributed by atoms with Crippen LogP contribution in [0.25, 0.3) is 0 Å². The molecular formula is C15H17ClN2. The molecule has 2 aromatic rings. The fourth-order valence-electron chi connectivity index (χ4n) is 1.94. The highest BCUT2D eigenvalue weighted by Gasteiger charge is 2.03. The van der Waals surface area contributed by atoms with Gasteiger partial charge in [0, 0.05) is 12.7 Å². The SMILES string of the molecule is CCc1ccccc1CNc1cc(C)cnc1Cl. The first-order valence-corrected chi connectivity index (χ1v) is 6.51. The molecule has 0 fully saturated rings. The zero-order valence-corrected chi connectivity index (χ0v) is 11.5. The number of aromatic nitrogens is 1. The number of rotatable bonds is 4. The van der Waals surface area contributed by atoms with Crippen LogP contribution in [0.1, 0.15) is 23.6 Å². The van der Waals surface area contributed by atoms with E-state index >= 15 is 0 Å². The normalized spacial score (nSPS) is 10.4. The molecule has 1 aromatic heterocycles. The number of nitrogens with one attached hydrogen (secondary N) is 1. The average Bonchev–Trinajstić information content (AvgIpc) is 2.40. The first-order chi connectivity index (χ1) is 8.70. The van der Waals surface area contributed by atoms with Crippen molar-refractivity contribution in [1.29, 1.82) is 0 Å². The van der Waals surface area contributed by atoms with Gasteiger partial charge in [-0.05, 0) is 36.1 Å². The van der Waals surface area contributed by atoms with Gasteiger partial charge in [-0.1, -0.05) is 42.8 Å². The molecule has 0 saturated carbocycles. The molecule has 0 spiro atoms. The van der Waals surface area contributed by atoms with Crippen LogP contribution in [0.4, 0.5) is 5.69 Å². The maximum atomic E-state index is 6.06. The zero-order chi connectivity index (χ0) is 13.0. The molecule has 1 heterocycles. The summed E-state index contributed by atoms with van der Waals surface area (Å²) in [5.41, 5.74) is 4.66. The molecule has 0 bridgehead atoms. The number of aryl methyl sites for hydroxylation is 2. The Morgan fingerprint density at radius 3 is 2.67 bits per heavy atom. The smallest absolute Gasteiger partial charge is 0.152 e. The molecule has 0 aliphatic carbocycles. The van der Waals surface area contributed by atoms with Gasteiger partial charge in [0.1, 0.15) is 0 Å². The van der Waals surface area contributed by atoms with Gasteiger partial charge in [-0.25, -0.2) is 4.98 Å². The molecule has 0 atom stereocenters. The number of halogens is 1. The summed E-state index contributed by atoms with van der Waals surface area (Å²) in [5.74, 6) is 0. The molecule has 1 N–H and O–H groups in total. The second-order valence-electron chi connectivity index (χ2n) is 4.33. The largest absolute Gasteiger partial charge is 0.378 e. The number of hydrogen-bond acceptors (Lipinski definition) is 2. The topological polar surface area (TPSA) is 24.9 Å². The second-order valence-corrected chi connectivity index (χ2v) is 4.68. The van der Waals surface area contributed by atoms with E-state index in [2.05, 4.69) is 41.5 Å². The lowest BCUT2D eigenvalue weighted by Gasteiger charge is -2.11. The van der Waals surface area contributed by atoms with E-state index in [1.807, 2.05) is 13.0 Å². The van der Waals surface area contributed by atoms with Crippen molar-refractivity contribution in [3.05, 3.63) is 58.4 Å². The summed E-state index contributed by atoms with van der Waals surface area (Å²) in [6.45, 7) is 4.95. The van der Waals surface area contributed by atoms with Crippen LogP contribution in [0.2, 0.25) is 5.15 Å². The third-order valence-electron chi connectivity index (χ3n) is 2.94. The highest BCUT2D eigenvalue weighted by atomic mass is 35.5. The second kappa shape index (κ2) is 5.87. The van der Waals surface area contributed by atoms with Gasteiger partial charge in [0.2, 0.25) is 0 Å². The quantitative estimate of drug-likeness (QED) is 0.833. The molecule has 0 radical (unpaired) electrons. The highest BCUT2D eigenvalue weighted by Crippen LogP contribution is 2.21. The maximum absolute atomic E-state index is 6.06. The summed E-state index contributed by atoms with van der Waals surface area (Å²) < 4.78 is 0. The van der Waals surface area contributed by atoms with E-state index in [0.29, 0.717) is 5.15 Å². The first-order valence-electron chi connectivity index (χ1n) is 6.13. The van der Waals surface area contributed by atoms with Crippen molar-refractivity contribution in [2.45, 2.75) is 26.8 Å². The summed E-state index contributed by atoms with van der Waals surface area (Å²) >= 11 is 6.06. The van der Waals surface area contributed by atoms with E-state index in [1.165, 1.54) is 11.1 Å². The Morgan fingerprint density at radius 2 is 1.94 bits per heavy atom. The molecule has 1 aromatic carbocycles. The third kappa shape index (κ3) is 3.02. The molecule has 2 nitrogen and oxygen atoms in total. The summed E-state index contributed by atoms with van der Waals surface area (Å²) in [7, 11) is 0. The summed E-state index contributed by atoms with van der Waals surface area (Å²) in [6, 6.07) is 10.5. The Balaban J connectivity index is 2.14. The van der Waals surface area contributed by atoms with Crippen LogP contribution in [-0.2, 0) is 13.0 Å². The maximum Gasteiger partial charge on any atom is 0.152 e. The van der Waals surface area contributed by atoms with Gasteiger partial charge in [0.25, 0.3) is 0 Å². The monoisotopic (exact) mass is 260 g/mol. The minimum Gasteiger partial charge on any atom is -0.378 e. The van der Waals surface area contributed by atoms with Crippen molar-refractivity contribution < 1.29 is 0 Å². The van der Waals surface area contributed by atoms with Crippen LogP contribution in [-0.4, -0.2) is 4.98 Å². The third-order valence-corrected chi connectivity index (χ3v) is 3.25. The lowest BCUT2D eigenvalue weighted by atomic mass is 10.1. The van der Waals surface area contributed by atoms with Crippen LogP contribution < -0.4 is 5.32 Å². The van der Waals surface area contributed by atoms with Gasteiger partial charge in [-0.2, -0.15) is 0 Å². The average molecular weight is 261 g/mol. The predicted molar refractivity (Wildman–Crippen MR) is 77.1 cm³/mol. The molecule has 94 valence electrons. The van der Waals surface area contributed by atoms with E-state index < -0.39 is 0 Å². The molecular weight excluding hydrogens is 244 g/mol. The predicted octanol–water partition coefficient (Wildman–Crippen LogP) is 4.22. The number of anilines is 1. The Hall–Kier alpha value is -1.54. The van der Waals surface area contributed by atoms with Crippen LogP contribution in [0.15, 0.2) is 36.5 Å². The molecule has 2 rings (SSSR count). The Morgan fingerprint density at radius 1 is 1.22 bits per heavy atom. The fraction of sp³-hybridized carbons (Fsp3) is 0.267. The van der Waals surface area contributed by atoms with E-state index in [0.717, 1.165) is 24.2 Å². The Bertz CT molecular complexity index is 538. The molecule has 18 heavy (non-hydrogen) atoms. The zero-order valence-electron chi connectivity index (χ0n) is 10.7. The van der Waals surface area contributed by atoms with E-state index in [4.69, 9.17) is 11.6 Å². The molecule has 3 heteroatoms. The van der Waals surface area contributed by atoms with Gasteiger partial charge >= 0.3 is 0 Å². The van der Waals surface area contributed by atoms with Crippen molar-refractivity contribution >= 4 is 17.3 Å². The molecule has 0 saturated heterocycles. The Labute approximate surface area is 113 Å². The van der Waals surface area contributed by atoms with Crippen LogP contribution >= 0.6 is 11.6 Å². The van der Waals surface area contributed by atoms with Crippen molar-refractivity contribution in [2.75, 3.05) is 5.32 Å². The molecule has 0 aliphatic heterocycles. The van der Waals surface area contributed by atoms with E-state index in [9.17, 15) is 0 Å². The van der Waals surface area contributed by atoms with Gasteiger partial charge in [-0.15, -0.1) is 0 Å². The summed E-state index contributed by atoms with van der Waals surface area (Å²) in [5, 5.41) is 3.87. The standard InChI is InChI=1S/C15H17ClN2/c1-3-12-6-4-5-7-13(12)10-17-14-8-11(2)9-18-15(14)16/h4-9,17H,3,10H2,1-2H3. The van der Waals surface area contributed by atoms with Crippen LogP contribution in [0.5, 0.6) is 0 Å². The minimum atomic E-state index is 0.523. The first kappa shape index (κ1) is 12.9. The number of hydrogen-bond donors (Lipinski definition) is 1. The highest BCUT2D eigenvalue weighted by molar-refractivity contribution is 6.31. The number of benzene rings is 1. The van der Waals surface area contributed by atoms with Crippen molar-refractivity contribution in [2.24, 2.45) is 0 Å². The fourth-order valence-corrected chi connectivity index (χ4v) is 2.11. The van der Waals surface area contributed by atoms with E-state index in [-0.39, 0.29) is 0 Å². The summed E-state index contributed by atoms with van der Waals surface area (Å²) in [4.78, 5) is 4.14. The Kier molecular flexibility index (Phi) is 4.21.